The first-order chi connectivity index (χ1) is 13.1. The maximum absolute atomic E-state index is 5.90. The minimum atomic E-state index is -0.0109. The largest absolute Gasteiger partial charge is 0.493 e. The third-order valence-corrected chi connectivity index (χ3v) is 3.70. The zero-order chi connectivity index (χ0) is 19.2. The lowest BCUT2D eigenvalue weighted by atomic mass is 10.2. The molecule has 5 N–H and O–H groups in total. The predicted octanol–water partition coefficient (Wildman–Crippen LogP) is 2.63. The van der Waals surface area contributed by atoms with E-state index in [4.69, 9.17) is 20.9 Å². The number of aliphatic imine (C=N–C) groups is 2. The van der Waals surface area contributed by atoms with Gasteiger partial charge in [-0.05, 0) is 30.3 Å². The van der Waals surface area contributed by atoms with E-state index in [1.165, 1.54) is 0 Å². The highest BCUT2D eigenvalue weighted by Crippen LogP contribution is 2.29. The molecule has 1 heterocycles. The van der Waals surface area contributed by atoms with Gasteiger partial charge in [0.1, 0.15) is 0 Å². The first-order valence-electron chi connectivity index (χ1n) is 8.12. The molecule has 3 aromatic rings. The van der Waals surface area contributed by atoms with Crippen molar-refractivity contribution in [2.75, 3.05) is 19.5 Å². The summed E-state index contributed by atoms with van der Waals surface area (Å²) in [7, 11) is 3.12. The molecule has 0 bridgehead atoms. The fraction of sp³-hybridized carbons (Fsp3) is 0.105. The van der Waals surface area contributed by atoms with Crippen LogP contribution < -0.4 is 26.3 Å². The van der Waals surface area contributed by atoms with E-state index < -0.39 is 0 Å². The average molecular weight is 364 g/mol. The molecule has 8 nitrogen and oxygen atoms in total. The lowest BCUT2D eigenvalue weighted by Crippen LogP contribution is -2.26. The van der Waals surface area contributed by atoms with Crippen molar-refractivity contribution in [3.63, 3.8) is 0 Å². The van der Waals surface area contributed by atoms with Gasteiger partial charge in [0.25, 0.3) is 0 Å². The molecule has 27 heavy (non-hydrogen) atoms. The Hall–Kier alpha value is -3.81. The number of ether oxygens (including phenoxy) is 2. The average Bonchev–Trinajstić information content (AvgIpc) is 2.67. The number of anilines is 1. The van der Waals surface area contributed by atoms with Gasteiger partial charge >= 0.3 is 0 Å². The van der Waals surface area contributed by atoms with Crippen molar-refractivity contribution >= 4 is 34.3 Å². The number of para-hydroxylation sites is 1. The normalized spacial score (nSPS) is 12.1. The number of nitrogens with one attached hydrogen (secondary N) is 1. The standard InChI is InChI=1S/C19H20N6O2/c1-26-15-9-8-13(11-16(15)27-2)22-18(20)25-19(21)24-17-10-7-12-5-3-4-6-14(12)23-17/h3-11H,1-2H3,(H5,20,21,22,23,24,25). The minimum Gasteiger partial charge on any atom is -0.493 e. The van der Waals surface area contributed by atoms with Crippen LogP contribution in [0.1, 0.15) is 0 Å². The van der Waals surface area contributed by atoms with Crippen LogP contribution in [0, 0.1) is 0 Å². The van der Waals surface area contributed by atoms with Gasteiger partial charge < -0.3 is 26.3 Å². The molecule has 0 aliphatic rings. The van der Waals surface area contributed by atoms with Gasteiger partial charge in [0.05, 0.1) is 19.7 Å². The molecule has 0 atom stereocenters. The first kappa shape index (κ1) is 18.0. The Bertz CT molecular complexity index is 1020. The summed E-state index contributed by atoms with van der Waals surface area (Å²) in [5, 5.41) is 3.95. The smallest absolute Gasteiger partial charge is 0.225 e. The van der Waals surface area contributed by atoms with Crippen LogP contribution in [0.15, 0.2) is 64.6 Å². The second kappa shape index (κ2) is 8.05. The van der Waals surface area contributed by atoms with Gasteiger partial charge in [-0.2, -0.15) is 9.98 Å². The quantitative estimate of drug-likeness (QED) is 0.483. The van der Waals surface area contributed by atoms with E-state index in [0.717, 1.165) is 10.9 Å². The first-order valence-corrected chi connectivity index (χ1v) is 8.12. The summed E-state index contributed by atoms with van der Waals surface area (Å²) in [5.41, 5.74) is 13.3. The number of guanidine groups is 2. The molecular weight excluding hydrogens is 344 g/mol. The second-order valence-corrected chi connectivity index (χ2v) is 5.52. The van der Waals surface area contributed by atoms with Crippen LogP contribution in [-0.2, 0) is 0 Å². The maximum Gasteiger partial charge on any atom is 0.225 e. The molecule has 2 aromatic carbocycles. The molecule has 0 saturated heterocycles. The zero-order valence-electron chi connectivity index (χ0n) is 15.0. The molecule has 8 heteroatoms. The number of rotatable bonds is 4. The predicted molar refractivity (Wildman–Crippen MR) is 108 cm³/mol. The van der Waals surface area contributed by atoms with Gasteiger partial charge in [0, 0.05) is 17.1 Å². The van der Waals surface area contributed by atoms with E-state index in [9.17, 15) is 0 Å². The van der Waals surface area contributed by atoms with Crippen LogP contribution in [0.3, 0.4) is 0 Å². The molecular formula is C19H20N6O2. The summed E-state index contributed by atoms with van der Waals surface area (Å²) in [5.74, 6) is 1.71. The highest BCUT2D eigenvalue weighted by atomic mass is 16.5. The Balaban J connectivity index is 1.77. The summed E-state index contributed by atoms with van der Waals surface area (Å²) in [6.07, 6.45) is 0. The van der Waals surface area contributed by atoms with Crippen molar-refractivity contribution in [3.05, 3.63) is 54.6 Å². The number of aromatic nitrogens is 1. The summed E-state index contributed by atoms with van der Waals surface area (Å²) in [6.45, 7) is 0. The minimum absolute atomic E-state index is 0.0109. The van der Waals surface area contributed by atoms with Crippen molar-refractivity contribution in [2.24, 2.45) is 21.5 Å². The maximum atomic E-state index is 5.90. The molecule has 3 rings (SSSR count). The zero-order valence-corrected chi connectivity index (χ0v) is 15.0. The van der Waals surface area contributed by atoms with Gasteiger partial charge in [0.15, 0.2) is 17.3 Å². The Labute approximate surface area is 156 Å². The molecule has 0 unspecified atom stereocenters. The van der Waals surface area contributed by atoms with E-state index >= 15 is 0 Å². The summed E-state index contributed by atoms with van der Waals surface area (Å²) in [4.78, 5) is 12.6. The Kier molecular flexibility index (Phi) is 5.36. The number of nitrogens with two attached hydrogens (primary N) is 2. The van der Waals surface area contributed by atoms with Gasteiger partial charge in [-0.25, -0.2) is 4.98 Å². The molecule has 138 valence electrons. The highest BCUT2D eigenvalue weighted by Gasteiger charge is 2.05. The molecule has 0 aliphatic heterocycles. The molecule has 1 aromatic heterocycles. The van der Waals surface area contributed by atoms with Crippen molar-refractivity contribution in [1.29, 1.82) is 0 Å². The van der Waals surface area contributed by atoms with E-state index in [1.54, 1.807) is 38.5 Å². The lowest BCUT2D eigenvalue weighted by Gasteiger charge is -2.10. The summed E-state index contributed by atoms with van der Waals surface area (Å²) < 4.78 is 10.4. The number of hydrogen-bond donors (Lipinski definition) is 3. The number of nitrogens with zero attached hydrogens (tertiary/aromatic N) is 3. The lowest BCUT2D eigenvalue weighted by molar-refractivity contribution is 0.355. The third kappa shape index (κ3) is 4.43. The van der Waals surface area contributed by atoms with Gasteiger partial charge in [-0.3, -0.25) is 0 Å². The van der Waals surface area contributed by atoms with E-state index in [1.807, 2.05) is 30.3 Å². The molecule has 0 spiro atoms. The van der Waals surface area contributed by atoms with E-state index in [-0.39, 0.29) is 11.9 Å². The van der Waals surface area contributed by atoms with Crippen molar-refractivity contribution in [3.8, 4) is 11.5 Å². The number of methoxy groups -OCH3 is 2. The van der Waals surface area contributed by atoms with Crippen LogP contribution in [0.2, 0.25) is 0 Å². The fourth-order valence-electron chi connectivity index (χ4n) is 2.47. The Morgan fingerprint density at radius 2 is 1.74 bits per heavy atom. The van der Waals surface area contributed by atoms with Crippen LogP contribution in [-0.4, -0.2) is 31.1 Å². The molecule has 0 radical (unpaired) electrons. The number of benzene rings is 2. The number of fused-ring (bicyclic) bond motifs is 1. The second-order valence-electron chi connectivity index (χ2n) is 5.52. The number of hydrogen-bond acceptors (Lipinski definition) is 4. The molecule has 0 fully saturated rings. The monoisotopic (exact) mass is 364 g/mol. The van der Waals surface area contributed by atoms with Gasteiger partial charge in [0.2, 0.25) is 11.9 Å². The van der Waals surface area contributed by atoms with Crippen molar-refractivity contribution in [1.82, 2.24) is 4.98 Å². The fourth-order valence-corrected chi connectivity index (χ4v) is 2.47. The Morgan fingerprint density at radius 1 is 0.963 bits per heavy atom. The SMILES string of the molecule is COc1ccc(NC(N)=NC(N)=Nc2ccc3ccccc3n2)cc1OC. The van der Waals surface area contributed by atoms with Crippen molar-refractivity contribution in [2.45, 2.75) is 0 Å². The summed E-state index contributed by atoms with van der Waals surface area (Å²) in [6, 6.07) is 16.7. The van der Waals surface area contributed by atoms with Crippen molar-refractivity contribution < 1.29 is 9.47 Å². The van der Waals surface area contributed by atoms with Crippen LogP contribution in [0.25, 0.3) is 10.9 Å². The van der Waals surface area contributed by atoms with Gasteiger partial charge in [-0.1, -0.05) is 18.2 Å². The topological polar surface area (TPSA) is 120 Å². The molecule has 0 aliphatic carbocycles. The van der Waals surface area contributed by atoms with Crippen LogP contribution in [0.5, 0.6) is 11.5 Å². The van der Waals surface area contributed by atoms with Crippen LogP contribution >= 0.6 is 0 Å². The third-order valence-electron chi connectivity index (χ3n) is 3.70. The van der Waals surface area contributed by atoms with Crippen LogP contribution in [0.4, 0.5) is 11.5 Å². The number of pyridine rings is 1. The summed E-state index contributed by atoms with van der Waals surface area (Å²) >= 11 is 0. The molecule has 0 saturated carbocycles. The van der Waals surface area contributed by atoms with E-state index in [2.05, 4.69) is 20.3 Å². The highest BCUT2D eigenvalue weighted by molar-refractivity contribution is 6.01. The van der Waals surface area contributed by atoms with Gasteiger partial charge in [-0.15, -0.1) is 0 Å². The Morgan fingerprint density at radius 3 is 2.52 bits per heavy atom. The molecule has 0 amide bonds. The van der Waals surface area contributed by atoms with E-state index in [0.29, 0.717) is 23.0 Å².